The van der Waals surface area contributed by atoms with Crippen molar-refractivity contribution < 1.29 is 0 Å². The number of thiophene rings is 1. The smallest absolute Gasteiger partial charge is 0.330 e. The van der Waals surface area contributed by atoms with Crippen molar-refractivity contribution in [1.82, 2.24) is 4.48 Å². The summed E-state index contributed by atoms with van der Waals surface area (Å²) in [6, 6.07) is 36.9. The van der Waals surface area contributed by atoms with Crippen LogP contribution in [0.25, 0.3) is 54.0 Å². The van der Waals surface area contributed by atoms with Crippen LogP contribution in [0.15, 0.2) is 97.1 Å². The lowest BCUT2D eigenvalue weighted by molar-refractivity contribution is 0.639. The maximum atomic E-state index is 2.72. The standard InChI is InChI=1S/C38H26BNS/c1-21-18-27-23-12-8-13-25-35(23)40(36-24-11-5-7-17-32(24)41-37(25)36)39-31-16-9-15-30-33(31)26(28(19-21)34(27)39)20-22-10-4-6-14-29(22)38(30,2)3/h4-20H,1-3H3. The minimum Gasteiger partial charge on any atom is -0.374 e. The highest BCUT2D eigenvalue weighted by atomic mass is 32.1. The number of nitrogens with zero attached hydrogens (tertiary/aromatic N) is 1. The van der Waals surface area contributed by atoms with Gasteiger partial charge in [0.15, 0.2) is 0 Å². The van der Waals surface area contributed by atoms with Crippen molar-refractivity contribution in [3.8, 4) is 11.1 Å². The first-order valence-electron chi connectivity index (χ1n) is 14.6. The van der Waals surface area contributed by atoms with Gasteiger partial charge in [-0.05, 0) is 74.5 Å². The van der Waals surface area contributed by atoms with Crippen LogP contribution >= 0.6 is 11.3 Å². The molecule has 10 rings (SSSR count). The van der Waals surface area contributed by atoms with E-state index < -0.39 is 0 Å². The Hall–Kier alpha value is -4.34. The van der Waals surface area contributed by atoms with E-state index in [0.29, 0.717) is 0 Å². The largest absolute Gasteiger partial charge is 0.374 e. The monoisotopic (exact) mass is 539 g/mol. The van der Waals surface area contributed by atoms with E-state index in [9.17, 15) is 0 Å². The fraction of sp³-hybridized carbons (Fsp3) is 0.105. The van der Waals surface area contributed by atoms with E-state index in [-0.39, 0.29) is 12.3 Å². The molecule has 0 radical (unpaired) electrons. The van der Waals surface area contributed by atoms with Crippen molar-refractivity contribution in [2.75, 3.05) is 0 Å². The molecule has 0 fully saturated rings. The van der Waals surface area contributed by atoms with E-state index in [2.05, 4.69) is 128 Å². The van der Waals surface area contributed by atoms with Gasteiger partial charge in [0.1, 0.15) is 0 Å². The summed E-state index contributed by atoms with van der Waals surface area (Å²) in [5, 5.41) is 2.74. The maximum Gasteiger partial charge on any atom is 0.330 e. The predicted molar refractivity (Wildman–Crippen MR) is 177 cm³/mol. The number of hydrogen-bond acceptors (Lipinski definition) is 1. The van der Waals surface area contributed by atoms with Crippen LogP contribution in [0.5, 0.6) is 0 Å². The molecule has 2 aliphatic heterocycles. The fourth-order valence-corrected chi connectivity index (χ4v) is 9.61. The Morgan fingerprint density at radius 1 is 0.707 bits per heavy atom. The molecule has 0 N–H and O–H groups in total. The first-order valence-corrected chi connectivity index (χ1v) is 15.4. The van der Waals surface area contributed by atoms with E-state index in [1.54, 1.807) is 0 Å². The first-order chi connectivity index (χ1) is 20.0. The molecule has 4 heterocycles. The third-order valence-electron chi connectivity index (χ3n) is 10.0. The quantitative estimate of drug-likeness (QED) is 0.170. The lowest BCUT2D eigenvalue weighted by Gasteiger charge is -2.38. The number of aromatic nitrogens is 1. The van der Waals surface area contributed by atoms with Gasteiger partial charge in [0.05, 0.1) is 10.2 Å². The molecule has 3 heteroatoms. The summed E-state index contributed by atoms with van der Waals surface area (Å²) >= 11 is 1.94. The summed E-state index contributed by atoms with van der Waals surface area (Å²) < 4.78 is 5.49. The molecule has 0 saturated heterocycles. The molecule has 0 amide bonds. The first kappa shape index (κ1) is 22.4. The Morgan fingerprint density at radius 2 is 1.46 bits per heavy atom. The van der Waals surface area contributed by atoms with Gasteiger partial charge in [0, 0.05) is 32.0 Å². The van der Waals surface area contributed by atoms with Crippen molar-refractivity contribution in [1.29, 1.82) is 0 Å². The number of fused-ring (bicyclic) bond motifs is 10. The van der Waals surface area contributed by atoms with Crippen LogP contribution in [0, 0.1) is 6.92 Å². The van der Waals surface area contributed by atoms with Gasteiger partial charge in [-0.3, -0.25) is 0 Å². The van der Waals surface area contributed by atoms with Crippen LogP contribution in [0.2, 0.25) is 0 Å². The highest BCUT2D eigenvalue weighted by Gasteiger charge is 2.44. The van der Waals surface area contributed by atoms with Crippen molar-refractivity contribution in [2.45, 2.75) is 26.2 Å². The van der Waals surface area contributed by atoms with Crippen molar-refractivity contribution in [2.24, 2.45) is 0 Å². The van der Waals surface area contributed by atoms with Crippen LogP contribution in [-0.4, -0.2) is 11.3 Å². The Kier molecular flexibility index (Phi) is 3.98. The Labute approximate surface area is 243 Å². The second-order valence-electron chi connectivity index (χ2n) is 12.6. The minimum absolute atomic E-state index is 0.118. The van der Waals surface area contributed by atoms with Gasteiger partial charge in [0.25, 0.3) is 0 Å². The zero-order valence-electron chi connectivity index (χ0n) is 23.2. The summed E-state index contributed by atoms with van der Waals surface area (Å²) in [6.07, 6.45) is 2.49. The van der Waals surface area contributed by atoms with Gasteiger partial charge >= 0.3 is 6.85 Å². The van der Waals surface area contributed by atoms with Gasteiger partial charge in [-0.25, -0.2) is 0 Å². The zero-order valence-corrected chi connectivity index (χ0v) is 24.1. The Morgan fingerprint density at radius 3 is 2.39 bits per heavy atom. The number of aryl methyl sites for hydroxylation is 1. The molecule has 0 atom stereocenters. The molecule has 5 aromatic carbocycles. The molecule has 0 unspecified atom stereocenters. The van der Waals surface area contributed by atoms with Crippen LogP contribution in [0.1, 0.15) is 47.2 Å². The zero-order chi connectivity index (χ0) is 27.2. The summed E-state index contributed by atoms with van der Waals surface area (Å²) in [6.45, 7) is 7.20. The Balaban J connectivity index is 1.45. The minimum atomic E-state index is -0.118. The van der Waals surface area contributed by atoms with Crippen LogP contribution < -0.4 is 10.9 Å². The third-order valence-corrected chi connectivity index (χ3v) is 11.2. The normalized spacial score (nSPS) is 15.5. The van der Waals surface area contributed by atoms with Crippen LogP contribution in [0.3, 0.4) is 0 Å². The second kappa shape index (κ2) is 7.29. The van der Waals surface area contributed by atoms with Gasteiger partial charge in [-0.1, -0.05) is 105 Å². The van der Waals surface area contributed by atoms with E-state index in [1.165, 1.54) is 92.2 Å². The molecule has 1 nitrogen and oxygen atoms in total. The third kappa shape index (κ3) is 2.56. The molecule has 0 spiro atoms. The highest BCUT2D eigenvalue weighted by molar-refractivity contribution is 7.27. The fourth-order valence-electron chi connectivity index (χ4n) is 8.39. The lowest BCUT2D eigenvalue weighted by Crippen LogP contribution is -2.56. The summed E-state index contributed by atoms with van der Waals surface area (Å²) in [7, 11) is 0. The molecule has 192 valence electrons. The average molecular weight is 540 g/mol. The van der Waals surface area contributed by atoms with Gasteiger partial charge < -0.3 is 4.48 Å². The van der Waals surface area contributed by atoms with Crippen LogP contribution in [0.4, 0.5) is 0 Å². The van der Waals surface area contributed by atoms with Crippen molar-refractivity contribution in [3.63, 3.8) is 0 Å². The molecule has 1 aliphatic carbocycles. The predicted octanol–water partition coefficient (Wildman–Crippen LogP) is 8.49. The van der Waals surface area contributed by atoms with Gasteiger partial charge in [-0.2, -0.15) is 0 Å². The number of rotatable bonds is 0. The molecule has 2 aromatic heterocycles. The molecular formula is C38H26BNS. The molecule has 0 saturated carbocycles. The molecular weight excluding hydrogens is 513 g/mol. The maximum absolute atomic E-state index is 2.72. The van der Waals surface area contributed by atoms with E-state index in [1.807, 2.05) is 11.3 Å². The summed E-state index contributed by atoms with van der Waals surface area (Å²) in [5.41, 5.74) is 18.0. The molecule has 3 aliphatic rings. The van der Waals surface area contributed by atoms with Crippen molar-refractivity contribution >= 4 is 72.0 Å². The number of benzene rings is 5. The molecule has 0 bridgehead atoms. The van der Waals surface area contributed by atoms with E-state index in [4.69, 9.17) is 0 Å². The van der Waals surface area contributed by atoms with Crippen LogP contribution in [-0.2, 0) is 5.41 Å². The van der Waals surface area contributed by atoms with Gasteiger partial charge in [0.2, 0.25) is 0 Å². The average Bonchev–Trinajstić information content (AvgIpc) is 3.49. The number of hydrogen-bond donors (Lipinski definition) is 0. The summed E-state index contributed by atoms with van der Waals surface area (Å²) in [4.78, 5) is 0. The number of para-hydroxylation sites is 1. The van der Waals surface area contributed by atoms with Crippen molar-refractivity contribution in [3.05, 3.63) is 130 Å². The van der Waals surface area contributed by atoms with Gasteiger partial charge in [-0.15, -0.1) is 11.3 Å². The molecule has 7 aromatic rings. The second-order valence-corrected chi connectivity index (χ2v) is 13.6. The summed E-state index contributed by atoms with van der Waals surface area (Å²) in [5.74, 6) is 0. The van der Waals surface area contributed by atoms with E-state index >= 15 is 0 Å². The Bertz CT molecular complexity index is 2360. The lowest BCUT2D eigenvalue weighted by atomic mass is 9.41. The molecule has 41 heavy (non-hydrogen) atoms. The van der Waals surface area contributed by atoms with E-state index in [0.717, 1.165) is 0 Å². The SMILES string of the molecule is Cc1cc2c3c(c1)-c1cccc4c5sc6ccccc6c5n(c14)B3c1cccc3c1C2=Cc1ccccc1C3(C)C. The topological polar surface area (TPSA) is 4.93 Å². The highest BCUT2D eigenvalue weighted by Crippen LogP contribution is 2.49.